The number of para-hydroxylation sites is 1. The van der Waals surface area contributed by atoms with E-state index in [-0.39, 0.29) is 30.2 Å². The Bertz CT molecular complexity index is 723. The molecule has 0 saturated heterocycles. The summed E-state index contributed by atoms with van der Waals surface area (Å²) in [6.07, 6.45) is 1.02. The summed E-state index contributed by atoms with van der Waals surface area (Å²) in [7, 11) is 0. The van der Waals surface area contributed by atoms with Crippen molar-refractivity contribution in [2.45, 2.75) is 46.3 Å². The molecule has 0 aliphatic carbocycles. The maximum Gasteiger partial charge on any atom is 0.373 e. The standard InChI is InChI=1S/C22H29NO2.CO2/c1-17(2)21(22(24)25-18(3)4)23(20-13-9-6-10-14-20)16-15-19-11-7-5-8-12-19;2-1-3/h5-14,17-18,21H,15-16H2,1-4H3;. The Kier molecular flexibility index (Phi) is 10.3. The number of hydrogen-bond acceptors (Lipinski definition) is 5. The van der Waals surface area contributed by atoms with Gasteiger partial charge in [0.1, 0.15) is 6.04 Å². The highest BCUT2D eigenvalue weighted by Gasteiger charge is 2.31. The van der Waals surface area contributed by atoms with Gasteiger partial charge >= 0.3 is 12.1 Å². The minimum atomic E-state index is -0.298. The molecule has 0 spiro atoms. The Morgan fingerprint density at radius 1 is 0.929 bits per heavy atom. The highest BCUT2D eigenvalue weighted by Crippen LogP contribution is 2.23. The van der Waals surface area contributed by atoms with E-state index >= 15 is 0 Å². The topological polar surface area (TPSA) is 63.7 Å². The van der Waals surface area contributed by atoms with Crippen LogP contribution < -0.4 is 4.90 Å². The lowest BCUT2D eigenvalue weighted by Gasteiger charge is -2.35. The number of anilines is 1. The smallest absolute Gasteiger partial charge is 0.373 e. The van der Waals surface area contributed by atoms with Gasteiger partial charge in [0.05, 0.1) is 6.10 Å². The van der Waals surface area contributed by atoms with Crippen molar-refractivity contribution in [1.29, 1.82) is 0 Å². The zero-order chi connectivity index (χ0) is 20.9. The molecule has 28 heavy (non-hydrogen) atoms. The molecule has 0 aromatic heterocycles. The molecule has 0 N–H and O–H groups in total. The van der Waals surface area contributed by atoms with Gasteiger partial charge in [0, 0.05) is 12.2 Å². The number of esters is 1. The molecule has 5 nitrogen and oxygen atoms in total. The molecule has 0 aliphatic rings. The zero-order valence-electron chi connectivity index (χ0n) is 17.0. The van der Waals surface area contributed by atoms with E-state index in [4.69, 9.17) is 14.3 Å². The lowest BCUT2D eigenvalue weighted by molar-refractivity contribution is -0.191. The SMILES string of the molecule is CC(C)OC(=O)C(C(C)C)N(CCc1ccccc1)c1ccccc1.O=C=O. The van der Waals surface area contributed by atoms with Crippen LogP contribution in [0, 0.1) is 5.92 Å². The van der Waals surface area contributed by atoms with Crippen LogP contribution in [0.5, 0.6) is 0 Å². The van der Waals surface area contributed by atoms with E-state index in [0.29, 0.717) is 0 Å². The van der Waals surface area contributed by atoms with Crippen LogP contribution in [0.2, 0.25) is 0 Å². The molecule has 2 aromatic rings. The molecule has 5 heteroatoms. The van der Waals surface area contributed by atoms with Crippen molar-refractivity contribution in [2.75, 3.05) is 11.4 Å². The summed E-state index contributed by atoms with van der Waals surface area (Å²) in [5, 5.41) is 0. The molecule has 1 unspecified atom stereocenters. The van der Waals surface area contributed by atoms with E-state index in [1.54, 1.807) is 0 Å². The lowest BCUT2D eigenvalue weighted by atomic mass is 10.0. The molecule has 1 atom stereocenters. The summed E-state index contributed by atoms with van der Waals surface area (Å²) >= 11 is 0. The van der Waals surface area contributed by atoms with Gasteiger partial charge in [0.25, 0.3) is 0 Å². The lowest BCUT2D eigenvalue weighted by Crippen LogP contribution is -2.47. The van der Waals surface area contributed by atoms with E-state index in [1.165, 1.54) is 5.56 Å². The van der Waals surface area contributed by atoms with Gasteiger partial charge in [-0.1, -0.05) is 62.4 Å². The third kappa shape index (κ3) is 7.77. The number of carbonyl (C=O) groups excluding carboxylic acids is 3. The summed E-state index contributed by atoms with van der Waals surface area (Å²) in [5.74, 6) is 0.00384. The van der Waals surface area contributed by atoms with Crippen molar-refractivity contribution in [2.24, 2.45) is 5.92 Å². The molecular formula is C23H29NO4. The molecule has 0 bridgehead atoms. The molecule has 0 aliphatic heterocycles. The van der Waals surface area contributed by atoms with Crippen molar-refractivity contribution in [1.82, 2.24) is 0 Å². The third-order valence-electron chi connectivity index (χ3n) is 4.13. The first-order chi connectivity index (χ1) is 13.4. The predicted octanol–water partition coefficient (Wildman–Crippen LogP) is 4.13. The van der Waals surface area contributed by atoms with Gasteiger partial charge in [-0.2, -0.15) is 9.59 Å². The maximum absolute atomic E-state index is 12.8. The summed E-state index contributed by atoms with van der Waals surface area (Å²) in [6, 6.07) is 20.2. The molecular weight excluding hydrogens is 354 g/mol. The average molecular weight is 383 g/mol. The van der Waals surface area contributed by atoms with Crippen molar-refractivity contribution in [3.8, 4) is 0 Å². The van der Waals surface area contributed by atoms with Gasteiger partial charge in [0.2, 0.25) is 0 Å². The van der Waals surface area contributed by atoms with Crippen molar-refractivity contribution in [3.63, 3.8) is 0 Å². The minimum Gasteiger partial charge on any atom is -0.461 e. The molecule has 0 heterocycles. The Morgan fingerprint density at radius 3 is 1.89 bits per heavy atom. The van der Waals surface area contributed by atoms with Crippen LogP contribution in [-0.4, -0.2) is 30.8 Å². The van der Waals surface area contributed by atoms with Gasteiger partial charge in [-0.05, 0) is 43.9 Å². The van der Waals surface area contributed by atoms with Crippen LogP contribution >= 0.6 is 0 Å². The summed E-state index contributed by atoms with van der Waals surface area (Å²) in [6.45, 7) is 8.71. The fraction of sp³-hybridized carbons (Fsp3) is 0.391. The summed E-state index contributed by atoms with van der Waals surface area (Å²) in [5.41, 5.74) is 2.32. The number of benzene rings is 2. The predicted molar refractivity (Wildman–Crippen MR) is 109 cm³/mol. The second-order valence-electron chi connectivity index (χ2n) is 7.02. The molecule has 0 amide bonds. The van der Waals surface area contributed by atoms with Crippen molar-refractivity contribution in [3.05, 3.63) is 66.2 Å². The first-order valence-electron chi connectivity index (χ1n) is 9.46. The van der Waals surface area contributed by atoms with Gasteiger partial charge in [-0.15, -0.1) is 0 Å². The van der Waals surface area contributed by atoms with Crippen molar-refractivity contribution < 1.29 is 19.1 Å². The second kappa shape index (κ2) is 12.5. The van der Waals surface area contributed by atoms with Crippen molar-refractivity contribution >= 4 is 17.8 Å². The number of hydrogen-bond donors (Lipinski definition) is 0. The van der Waals surface area contributed by atoms with E-state index in [9.17, 15) is 4.79 Å². The van der Waals surface area contributed by atoms with Gasteiger partial charge in [-0.25, -0.2) is 4.79 Å². The third-order valence-corrected chi connectivity index (χ3v) is 4.13. The maximum atomic E-state index is 12.8. The highest BCUT2D eigenvalue weighted by molar-refractivity contribution is 5.80. The van der Waals surface area contributed by atoms with E-state index in [0.717, 1.165) is 18.7 Å². The molecule has 2 rings (SSSR count). The van der Waals surface area contributed by atoms with Crippen LogP contribution in [0.4, 0.5) is 5.69 Å². The number of ether oxygens (including phenoxy) is 1. The largest absolute Gasteiger partial charge is 0.461 e. The van der Waals surface area contributed by atoms with E-state index in [1.807, 2.05) is 38.1 Å². The molecule has 0 fully saturated rings. The monoisotopic (exact) mass is 383 g/mol. The minimum absolute atomic E-state index is 0.111. The van der Waals surface area contributed by atoms with E-state index < -0.39 is 0 Å². The zero-order valence-corrected chi connectivity index (χ0v) is 17.0. The van der Waals surface area contributed by atoms with Gasteiger partial charge in [0.15, 0.2) is 0 Å². The van der Waals surface area contributed by atoms with Crippen LogP contribution in [0.15, 0.2) is 60.7 Å². The first-order valence-corrected chi connectivity index (χ1v) is 9.46. The van der Waals surface area contributed by atoms with E-state index in [2.05, 4.69) is 55.1 Å². The van der Waals surface area contributed by atoms with Crippen LogP contribution in [0.25, 0.3) is 0 Å². The van der Waals surface area contributed by atoms with Gasteiger partial charge in [-0.3, -0.25) is 0 Å². The van der Waals surface area contributed by atoms with Crippen LogP contribution in [0.1, 0.15) is 33.3 Å². The summed E-state index contributed by atoms with van der Waals surface area (Å²) in [4.78, 5) is 31.2. The average Bonchev–Trinajstić information content (AvgIpc) is 2.66. The second-order valence-corrected chi connectivity index (χ2v) is 7.02. The fourth-order valence-corrected chi connectivity index (χ4v) is 3.00. The number of nitrogens with zero attached hydrogens (tertiary/aromatic N) is 1. The molecule has 150 valence electrons. The molecule has 0 saturated carbocycles. The van der Waals surface area contributed by atoms with Crippen LogP contribution in [-0.2, 0) is 25.5 Å². The Balaban J connectivity index is 0.00000122. The summed E-state index contributed by atoms with van der Waals surface area (Å²) < 4.78 is 5.55. The first kappa shape index (κ1) is 23.1. The molecule has 0 radical (unpaired) electrons. The normalized spacial score (nSPS) is 11.2. The Morgan fingerprint density at radius 2 is 1.43 bits per heavy atom. The number of carbonyl (C=O) groups is 1. The highest BCUT2D eigenvalue weighted by atomic mass is 16.5. The Hall–Kier alpha value is -2.91. The molecule has 2 aromatic carbocycles. The quantitative estimate of drug-likeness (QED) is 0.642. The number of rotatable bonds is 8. The van der Waals surface area contributed by atoms with Gasteiger partial charge < -0.3 is 9.64 Å². The van der Waals surface area contributed by atoms with Crippen LogP contribution in [0.3, 0.4) is 0 Å². The fourth-order valence-electron chi connectivity index (χ4n) is 3.00. The Labute approximate surface area is 167 Å².